The minimum Gasteiger partial charge on any atom is -0.351 e. The summed E-state index contributed by atoms with van der Waals surface area (Å²) in [5, 5.41) is 7.02. The molecule has 0 atom stereocenters. The van der Waals surface area contributed by atoms with Gasteiger partial charge in [-0.1, -0.05) is 49.4 Å². The third kappa shape index (κ3) is 5.51. The van der Waals surface area contributed by atoms with E-state index < -0.39 is 0 Å². The molecule has 0 saturated heterocycles. The van der Waals surface area contributed by atoms with Crippen molar-refractivity contribution in [3.8, 4) is 0 Å². The van der Waals surface area contributed by atoms with Crippen molar-refractivity contribution in [1.29, 1.82) is 0 Å². The third-order valence-electron chi connectivity index (χ3n) is 3.81. The Bertz CT molecular complexity index is 411. The molecule has 1 aromatic rings. The molecule has 1 amide bonds. The Morgan fingerprint density at radius 2 is 1.75 bits per heavy atom. The molecular weight excluding hydrogens is 272 g/mol. The van der Waals surface area contributed by atoms with Gasteiger partial charge >= 0.3 is 0 Å². The molecule has 0 aliphatic heterocycles. The SMILES string of the molecule is O=C(CNC1CCCCCC1)NCc1ccc(Cl)cc1. The molecule has 20 heavy (non-hydrogen) atoms. The lowest BCUT2D eigenvalue weighted by Crippen LogP contribution is -2.38. The molecule has 1 saturated carbocycles. The number of nitrogens with one attached hydrogen (secondary N) is 2. The molecule has 1 aliphatic carbocycles. The van der Waals surface area contributed by atoms with Gasteiger partial charge in [0.05, 0.1) is 6.54 Å². The monoisotopic (exact) mass is 294 g/mol. The molecule has 0 unspecified atom stereocenters. The van der Waals surface area contributed by atoms with Crippen LogP contribution >= 0.6 is 11.6 Å². The normalized spacial score (nSPS) is 16.6. The lowest BCUT2D eigenvalue weighted by Gasteiger charge is -2.15. The fourth-order valence-electron chi connectivity index (χ4n) is 2.59. The van der Waals surface area contributed by atoms with E-state index in [0.29, 0.717) is 19.1 Å². The zero-order chi connectivity index (χ0) is 14.2. The number of halogens is 1. The smallest absolute Gasteiger partial charge is 0.234 e. The number of hydrogen-bond acceptors (Lipinski definition) is 2. The van der Waals surface area contributed by atoms with Gasteiger partial charge in [-0.15, -0.1) is 0 Å². The number of benzene rings is 1. The van der Waals surface area contributed by atoms with Gasteiger partial charge in [0.15, 0.2) is 0 Å². The van der Waals surface area contributed by atoms with Crippen LogP contribution in [0.5, 0.6) is 0 Å². The van der Waals surface area contributed by atoms with Crippen molar-refractivity contribution in [3.63, 3.8) is 0 Å². The molecule has 1 fully saturated rings. The molecule has 2 rings (SSSR count). The average molecular weight is 295 g/mol. The first-order chi connectivity index (χ1) is 9.74. The standard InChI is InChI=1S/C16H23ClN2O/c17-14-9-7-13(8-10-14)11-19-16(20)12-18-15-5-3-1-2-4-6-15/h7-10,15,18H,1-6,11-12H2,(H,19,20). The van der Waals surface area contributed by atoms with Gasteiger partial charge in [0.2, 0.25) is 5.91 Å². The summed E-state index contributed by atoms with van der Waals surface area (Å²) in [6.45, 7) is 0.973. The highest BCUT2D eigenvalue weighted by atomic mass is 35.5. The summed E-state index contributed by atoms with van der Waals surface area (Å²) in [4.78, 5) is 11.8. The molecule has 0 heterocycles. The van der Waals surface area contributed by atoms with Crippen LogP contribution in [-0.2, 0) is 11.3 Å². The molecule has 3 nitrogen and oxygen atoms in total. The Kier molecular flexibility index (Phi) is 6.34. The summed E-state index contributed by atoms with van der Waals surface area (Å²) in [7, 11) is 0. The molecule has 110 valence electrons. The predicted molar refractivity (Wildman–Crippen MR) is 82.8 cm³/mol. The van der Waals surface area contributed by atoms with E-state index in [4.69, 9.17) is 11.6 Å². The number of rotatable bonds is 5. The fourth-order valence-corrected chi connectivity index (χ4v) is 2.71. The molecule has 0 radical (unpaired) electrons. The van der Waals surface area contributed by atoms with Gasteiger partial charge in [0, 0.05) is 17.6 Å². The van der Waals surface area contributed by atoms with Crippen molar-refractivity contribution in [2.45, 2.75) is 51.1 Å². The van der Waals surface area contributed by atoms with E-state index >= 15 is 0 Å². The zero-order valence-electron chi connectivity index (χ0n) is 11.8. The van der Waals surface area contributed by atoms with E-state index in [1.54, 1.807) is 0 Å². The summed E-state index contributed by atoms with van der Waals surface area (Å²) >= 11 is 5.83. The van der Waals surface area contributed by atoms with Crippen molar-refractivity contribution in [3.05, 3.63) is 34.9 Å². The maximum absolute atomic E-state index is 11.8. The first-order valence-corrected chi connectivity index (χ1v) is 7.86. The molecule has 1 aliphatic rings. The lowest BCUT2D eigenvalue weighted by molar-refractivity contribution is -0.120. The topological polar surface area (TPSA) is 41.1 Å². The Morgan fingerprint density at radius 3 is 2.40 bits per heavy atom. The maximum atomic E-state index is 11.8. The number of hydrogen-bond donors (Lipinski definition) is 2. The van der Waals surface area contributed by atoms with E-state index in [1.807, 2.05) is 24.3 Å². The average Bonchev–Trinajstić information content (AvgIpc) is 2.73. The van der Waals surface area contributed by atoms with Gasteiger partial charge in [-0.05, 0) is 30.5 Å². The van der Waals surface area contributed by atoms with Crippen LogP contribution < -0.4 is 10.6 Å². The van der Waals surface area contributed by atoms with Crippen LogP contribution in [-0.4, -0.2) is 18.5 Å². The van der Waals surface area contributed by atoms with E-state index in [0.717, 1.165) is 10.6 Å². The molecule has 0 spiro atoms. The minimum atomic E-state index is 0.0594. The third-order valence-corrected chi connectivity index (χ3v) is 4.06. The van der Waals surface area contributed by atoms with Gasteiger partial charge in [-0.25, -0.2) is 0 Å². The van der Waals surface area contributed by atoms with E-state index in [-0.39, 0.29) is 5.91 Å². The minimum absolute atomic E-state index is 0.0594. The summed E-state index contributed by atoms with van der Waals surface area (Å²) in [6, 6.07) is 8.06. The van der Waals surface area contributed by atoms with Crippen LogP contribution in [0.25, 0.3) is 0 Å². The second-order valence-corrected chi connectivity index (χ2v) is 5.91. The van der Waals surface area contributed by atoms with Crippen molar-refractivity contribution in [1.82, 2.24) is 10.6 Å². The predicted octanol–water partition coefficient (Wildman–Crippen LogP) is 3.27. The molecular formula is C16H23ClN2O. The van der Waals surface area contributed by atoms with Crippen LogP contribution in [0.3, 0.4) is 0 Å². The Labute approximate surface area is 126 Å². The highest BCUT2D eigenvalue weighted by Gasteiger charge is 2.12. The first kappa shape index (κ1) is 15.3. The van der Waals surface area contributed by atoms with Gasteiger partial charge in [0.25, 0.3) is 0 Å². The second-order valence-electron chi connectivity index (χ2n) is 5.47. The van der Waals surface area contributed by atoms with E-state index in [9.17, 15) is 4.79 Å². The summed E-state index contributed by atoms with van der Waals surface area (Å²) in [6.07, 6.45) is 7.63. The van der Waals surface area contributed by atoms with Crippen LogP contribution in [0.4, 0.5) is 0 Å². The fraction of sp³-hybridized carbons (Fsp3) is 0.562. The number of carbonyl (C=O) groups excluding carboxylic acids is 1. The highest BCUT2D eigenvalue weighted by Crippen LogP contribution is 2.16. The summed E-state index contributed by atoms with van der Waals surface area (Å²) < 4.78 is 0. The van der Waals surface area contributed by atoms with Crippen molar-refractivity contribution < 1.29 is 4.79 Å². The van der Waals surface area contributed by atoms with Gasteiger partial charge in [0.1, 0.15) is 0 Å². The number of amides is 1. The van der Waals surface area contributed by atoms with Crippen molar-refractivity contribution in [2.75, 3.05) is 6.54 Å². The Morgan fingerprint density at radius 1 is 1.10 bits per heavy atom. The molecule has 0 aromatic heterocycles. The Balaban J connectivity index is 1.66. The van der Waals surface area contributed by atoms with E-state index in [1.165, 1.54) is 38.5 Å². The first-order valence-electron chi connectivity index (χ1n) is 7.48. The number of carbonyl (C=O) groups is 1. The van der Waals surface area contributed by atoms with E-state index in [2.05, 4.69) is 10.6 Å². The highest BCUT2D eigenvalue weighted by molar-refractivity contribution is 6.30. The van der Waals surface area contributed by atoms with Crippen LogP contribution in [0.15, 0.2) is 24.3 Å². The van der Waals surface area contributed by atoms with Crippen molar-refractivity contribution >= 4 is 17.5 Å². The van der Waals surface area contributed by atoms with Crippen LogP contribution in [0.1, 0.15) is 44.1 Å². The lowest BCUT2D eigenvalue weighted by atomic mass is 10.1. The van der Waals surface area contributed by atoms with Gasteiger partial charge < -0.3 is 10.6 Å². The maximum Gasteiger partial charge on any atom is 0.234 e. The Hall–Kier alpha value is -1.06. The van der Waals surface area contributed by atoms with Gasteiger partial charge in [-0.3, -0.25) is 4.79 Å². The van der Waals surface area contributed by atoms with Crippen LogP contribution in [0.2, 0.25) is 5.02 Å². The molecule has 4 heteroatoms. The van der Waals surface area contributed by atoms with Gasteiger partial charge in [-0.2, -0.15) is 0 Å². The second kappa shape index (κ2) is 8.28. The zero-order valence-corrected chi connectivity index (χ0v) is 12.6. The molecule has 2 N–H and O–H groups in total. The van der Waals surface area contributed by atoms with Crippen LogP contribution in [0, 0.1) is 0 Å². The summed E-state index contributed by atoms with van der Waals surface area (Å²) in [5.41, 5.74) is 1.07. The summed E-state index contributed by atoms with van der Waals surface area (Å²) in [5.74, 6) is 0.0594. The molecule has 1 aromatic carbocycles. The largest absolute Gasteiger partial charge is 0.351 e. The molecule has 0 bridgehead atoms. The van der Waals surface area contributed by atoms with Crippen molar-refractivity contribution in [2.24, 2.45) is 0 Å². The quantitative estimate of drug-likeness (QED) is 0.818.